The Morgan fingerprint density at radius 1 is 1.07 bits per heavy atom. The highest BCUT2D eigenvalue weighted by Crippen LogP contribution is 2.22. The van der Waals surface area contributed by atoms with Crippen molar-refractivity contribution in [2.45, 2.75) is 27.7 Å². The van der Waals surface area contributed by atoms with Gasteiger partial charge in [0.25, 0.3) is 5.91 Å². The van der Waals surface area contributed by atoms with Crippen LogP contribution in [0.25, 0.3) is 5.69 Å². The molecule has 1 amide bonds. The topological polar surface area (TPSA) is 69.0 Å². The Labute approximate surface area is 159 Å². The lowest BCUT2D eigenvalue weighted by Gasteiger charge is -2.12. The maximum absolute atomic E-state index is 12.4. The van der Waals surface area contributed by atoms with Crippen molar-refractivity contribution in [3.05, 3.63) is 70.5 Å². The van der Waals surface area contributed by atoms with E-state index in [2.05, 4.69) is 15.6 Å². The highest BCUT2D eigenvalue weighted by Gasteiger charge is 2.17. The summed E-state index contributed by atoms with van der Waals surface area (Å²) in [7, 11) is 0. The van der Waals surface area contributed by atoms with Crippen LogP contribution in [0.4, 0.5) is 0 Å². The predicted molar refractivity (Wildman–Crippen MR) is 105 cm³/mol. The number of hydrogen-bond donors (Lipinski definition) is 1. The van der Waals surface area contributed by atoms with Crippen LogP contribution in [0.5, 0.6) is 5.75 Å². The maximum Gasteiger partial charge on any atom is 0.273 e. The first kappa shape index (κ1) is 18.6. The number of nitrogens with one attached hydrogen (secondary N) is 1. The smallest absolute Gasteiger partial charge is 0.273 e. The second-order valence-electron chi connectivity index (χ2n) is 6.60. The van der Waals surface area contributed by atoms with Crippen molar-refractivity contribution < 1.29 is 9.53 Å². The summed E-state index contributed by atoms with van der Waals surface area (Å²) in [5.41, 5.74) is 5.20. The molecule has 0 spiro atoms. The number of amides is 1. The van der Waals surface area contributed by atoms with Crippen molar-refractivity contribution in [1.29, 1.82) is 0 Å². The average molecular weight is 364 g/mol. The van der Waals surface area contributed by atoms with Crippen LogP contribution in [-0.4, -0.2) is 34.1 Å². The molecule has 0 saturated heterocycles. The Hall–Kier alpha value is -3.15. The van der Waals surface area contributed by atoms with Gasteiger partial charge in [0.2, 0.25) is 0 Å². The van der Waals surface area contributed by atoms with Gasteiger partial charge in [-0.3, -0.25) is 4.79 Å². The zero-order chi connectivity index (χ0) is 19.4. The molecule has 6 nitrogen and oxygen atoms in total. The summed E-state index contributed by atoms with van der Waals surface area (Å²) >= 11 is 0. The van der Waals surface area contributed by atoms with E-state index in [1.807, 2.05) is 70.2 Å². The van der Waals surface area contributed by atoms with Crippen LogP contribution < -0.4 is 10.1 Å². The lowest BCUT2D eigenvalue weighted by Crippen LogP contribution is -2.29. The standard InChI is InChI=1S/C21H24N4O2/c1-14-7-5-10-18(13-14)25-17(4)19(23-24-25)21(26)22-11-12-27-20-15(2)8-6-9-16(20)3/h5-10,13H,11-12H2,1-4H3,(H,22,26). The summed E-state index contributed by atoms with van der Waals surface area (Å²) in [5, 5.41) is 11.0. The largest absolute Gasteiger partial charge is 0.491 e. The summed E-state index contributed by atoms with van der Waals surface area (Å²) in [4.78, 5) is 12.4. The molecule has 1 heterocycles. The van der Waals surface area contributed by atoms with E-state index in [4.69, 9.17) is 4.74 Å². The van der Waals surface area contributed by atoms with Crippen molar-refractivity contribution in [2.75, 3.05) is 13.2 Å². The summed E-state index contributed by atoms with van der Waals surface area (Å²) in [6, 6.07) is 13.9. The molecule has 3 aromatic rings. The van der Waals surface area contributed by atoms with E-state index in [9.17, 15) is 4.79 Å². The lowest BCUT2D eigenvalue weighted by atomic mass is 10.1. The zero-order valence-corrected chi connectivity index (χ0v) is 16.1. The molecule has 0 fully saturated rings. The molecule has 0 aliphatic carbocycles. The number of rotatable bonds is 6. The van der Waals surface area contributed by atoms with Crippen molar-refractivity contribution in [3.8, 4) is 11.4 Å². The molecule has 27 heavy (non-hydrogen) atoms. The number of ether oxygens (including phenoxy) is 1. The second kappa shape index (κ2) is 8.03. The molecule has 3 rings (SSSR count). The third kappa shape index (κ3) is 4.16. The van der Waals surface area contributed by atoms with Crippen molar-refractivity contribution in [3.63, 3.8) is 0 Å². The van der Waals surface area contributed by atoms with Gasteiger partial charge in [-0.05, 0) is 56.5 Å². The van der Waals surface area contributed by atoms with Crippen LogP contribution in [-0.2, 0) is 0 Å². The van der Waals surface area contributed by atoms with E-state index in [0.717, 1.165) is 28.1 Å². The first-order chi connectivity index (χ1) is 13.0. The Morgan fingerprint density at radius 3 is 2.48 bits per heavy atom. The summed E-state index contributed by atoms with van der Waals surface area (Å²) in [6.45, 7) is 8.65. The van der Waals surface area contributed by atoms with Gasteiger partial charge in [-0.25, -0.2) is 4.68 Å². The minimum absolute atomic E-state index is 0.253. The van der Waals surface area contributed by atoms with E-state index in [0.29, 0.717) is 24.5 Å². The van der Waals surface area contributed by atoms with E-state index >= 15 is 0 Å². The monoisotopic (exact) mass is 364 g/mol. The normalized spacial score (nSPS) is 10.7. The number of nitrogens with zero attached hydrogens (tertiary/aromatic N) is 3. The molecule has 1 N–H and O–H groups in total. The fraction of sp³-hybridized carbons (Fsp3) is 0.286. The van der Waals surface area contributed by atoms with E-state index in [-0.39, 0.29) is 5.91 Å². The molecule has 0 bridgehead atoms. The number of carbonyl (C=O) groups excluding carboxylic acids is 1. The highest BCUT2D eigenvalue weighted by atomic mass is 16.5. The Morgan fingerprint density at radius 2 is 1.78 bits per heavy atom. The minimum atomic E-state index is -0.253. The number of aromatic nitrogens is 3. The van der Waals surface area contributed by atoms with Gasteiger partial charge >= 0.3 is 0 Å². The van der Waals surface area contributed by atoms with Gasteiger partial charge in [0.05, 0.1) is 17.9 Å². The predicted octanol–water partition coefficient (Wildman–Crippen LogP) is 3.31. The Balaban J connectivity index is 1.61. The van der Waals surface area contributed by atoms with Crippen LogP contribution in [0.2, 0.25) is 0 Å². The lowest BCUT2D eigenvalue weighted by molar-refractivity contribution is 0.0941. The van der Waals surface area contributed by atoms with Gasteiger partial charge in [-0.2, -0.15) is 0 Å². The van der Waals surface area contributed by atoms with Gasteiger partial charge in [-0.15, -0.1) is 5.10 Å². The number of carbonyl (C=O) groups is 1. The van der Waals surface area contributed by atoms with Crippen LogP contribution >= 0.6 is 0 Å². The van der Waals surface area contributed by atoms with Gasteiger partial charge in [-0.1, -0.05) is 35.5 Å². The third-order valence-electron chi connectivity index (χ3n) is 4.40. The van der Waals surface area contributed by atoms with Gasteiger partial charge in [0, 0.05) is 0 Å². The van der Waals surface area contributed by atoms with Crippen molar-refractivity contribution in [2.24, 2.45) is 0 Å². The molecule has 140 valence electrons. The van der Waals surface area contributed by atoms with Crippen LogP contribution in [0.15, 0.2) is 42.5 Å². The van der Waals surface area contributed by atoms with Crippen molar-refractivity contribution in [1.82, 2.24) is 20.3 Å². The SMILES string of the molecule is Cc1cccc(-n2nnc(C(=O)NCCOc3c(C)cccc3C)c2C)c1. The number of hydrogen-bond acceptors (Lipinski definition) is 4. The molecule has 0 aliphatic rings. The van der Waals surface area contributed by atoms with Crippen LogP contribution in [0, 0.1) is 27.7 Å². The van der Waals surface area contributed by atoms with Crippen LogP contribution in [0.1, 0.15) is 32.9 Å². The number of aryl methyl sites for hydroxylation is 3. The molecule has 0 saturated carbocycles. The molecule has 0 radical (unpaired) electrons. The van der Waals surface area contributed by atoms with E-state index in [1.54, 1.807) is 4.68 Å². The molecular formula is C21H24N4O2. The van der Waals surface area contributed by atoms with Crippen LogP contribution in [0.3, 0.4) is 0 Å². The summed E-state index contributed by atoms with van der Waals surface area (Å²) < 4.78 is 7.49. The third-order valence-corrected chi connectivity index (χ3v) is 4.40. The molecule has 1 aromatic heterocycles. The van der Waals surface area contributed by atoms with E-state index < -0.39 is 0 Å². The molecule has 0 unspecified atom stereocenters. The number of para-hydroxylation sites is 1. The molecule has 0 atom stereocenters. The first-order valence-electron chi connectivity index (χ1n) is 8.94. The quantitative estimate of drug-likeness (QED) is 0.682. The van der Waals surface area contributed by atoms with Crippen molar-refractivity contribution >= 4 is 5.91 Å². The van der Waals surface area contributed by atoms with E-state index in [1.165, 1.54) is 0 Å². The minimum Gasteiger partial charge on any atom is -0.491 e. The maximum atomic E-state index is 12.4. The molecule has 6 heteroatoms. The number of benzene rings is 2. The molecular weight excluding hydrogens is 340 g/mol. The second-order valence-corrected chi connectivity index (χ2v) is 6.60. The average Bonchev–Trinajstić information content (AvgIpc) is 3.02. The summed E-state index contributed by atoms with van der Waals surface area (Å²) in [5.74, 6) is 0.616. The van der Waals surface area contributed by atoms with Gasteiger partial charge < -0.3 is 10.1 Å². The molecule has 2 aromatic carbocycles. The molecule has 0 aliphatic heterocycles. The van der Waals surface area contributed by atoms with Gasteiger partial charge in [0.1, 0.15) is 12.4 Å². The highest BCUT2D eigenvalue weighted by molar-refractivity contribution is 5.93. The fourth-order valence-corrected chi connectivity index (χ4v) is 2.97. The zero-order valence-electron chi connectivity index (χ0n) is 16.1. The fourth-order valence-electron chi connectivity index (χ4n) is 2.97. The Bertz CT molecular complexity index is 942. The summed E-state index contributed by atoms with van der Waals surface area (Å²) in [6.07, 6.45) is 0. The first-order valence-corrected chi connectivity index (χ1v) is 8.94. The Kier molecular flexibility index (Phi) is 5.54. The van der Waals surface area contributed by atoms with Gasteiger partial charge in [0.15, 0.2) is 5.69 Å².